The van der Waals surface area contributed by atoms with Gasteiger partial charge in [-0.15, -0.1) is 0 Å². The Hall–Kier alpha value is 0.450. The lowest BCUT2D eigenvalue weighted by atomic mass is 10.5. The number of hydrogen-bond donors (Lipinski definition) is 3. The van der Waals surface area contributed by atoms with Crippen LogP contribution in [0.4, 0.5) is 0 Å². The third-order valence-electron chi connectivity index (χ3n) is 3.58. The molecule has 0 aromatic carbocycles. The lowest BCUT2D eigenvalue weighted by Crippen LogP contribution is -2.36. The van der Waals surface area contributed by atoms with Gasteiger partial charge in [0.15, 0.2) is 0 Å². The molecular weight excluding hydrogens is 375 g/mol. The van der Waals surface area contributed by atoms with Crippen LogP contribution in [0, 0.1) is 0 Å². The average molecular weight is 405 g/mol. The van der Waals surface area contributed by atoms with Crippen molar-refractivity contribution in [1.29, 1.82) is 0 Å². The van der Waals surface area contributed by atoms with Crippen LogP contribution in [0.3, 0.4) is 0 Å². The Balaban J connectivity index is 2.84. The summed E-state index contributed by atoms with van der Waals surface area (Å²) in [6.45, 7) is 6.96. The molecule has 0 radical (unpaired) electrons. The second-order valence-electron chi connectivity index (χ2n) is 6.93. The minimum Gasteiger partial charge on any atom is -0.344 e. The van der Waals surface area contributed by atoms with Gasteiger partial charge in [0.05, 0.1) is 18.9 Å². The fraction of sp³-hybridized carbons (Fsp3) is 1.00. The molecule has 1 fully saturated rings. The van der Waals surface area contributed by atoms with Crippen LogP contribution in [0.25, 0.3) is 0 Å². The maximum absolute atomic E-state index is 11.7. The molecule has 9 nitrogen and oxygen atoms in total. The van der Waals surface area contributed by atoms with Gasteiger partial charge < -0.3 is 14.7 Å². The van der Waals surface area contributed by atoms with Crippen LogP contribution in [0.15, 0.2) is 0 Å². The van der Waals surface area contributed by atoms with E-state index in [1.807, 2.05) is 14.7 Å². The van der Waals surface area contributed by atoms with E-state index in [0.717, 1.165) is 0 Å². The monoisotopic (exact) mass is 405 g/mol. The molecule has 24 heavy (non-hydrogen) atoms. The van der Waals surface area contributed by atoms with Crippen LogP contribution in [0.5, 0.6) is 0 Å². The predicted molar refractivity (Wildman–Crippen MR) is 96.6 cm³/mol. The normalized spacial score (nSPS) is 27.2. The Morgan fingerprint density at radius 1 is 0.583 bits per heavy atom. The largest absolute Gasteiger partial charge is 0.344 e. The fourth-order valence-corrected chi connectivity index (χ4v) is 5.80. The summed E-state index contributed by atoms with van der Waals surface area (Å²) in [4.78, 5) is 34.4. The number of rotatable bonds is 6. The first-order valence-electron chi connectivity index (χ1n) is 7.78. The average Bonchev–Trinajstić information content (AvgIpc) is 2.39. The van der Waals surface area contributed by atoms with E-state index in [-0.39, 0.29) is 18.9 Å². The van der Waals surface area contributed by atoms with Crippen LogP contribution < -0.4 is 0 Å². The summed E-state index contributed by atoms with van der Waals surface area (Å²) in [7, 11) is -9.67. The molecule has 144 valence electrons. The van der Waals surface area contributed by atoms with Crippen molar-refractivity contribution in [3.05, 3.63) is 0 Å². The van der Waals surface area contributed by atoms with Crippen molar-refractivity contribution in [3.8, 4) is 0 Å². The summed E-state index contributed by atoms with van der Waals surface area (Å²) in [5.74, 6) is 0. The maximum atomic E-state index is 11.7. The molecule has 12 heteroatoms. The first-order valence-corrected chi connectivity index (χ1v) is 14.7. The van der Waals surface area contributed by atoms with Gasteiger partial charge in [-0.2, -0.15) is 0 Å². The van der Waals surface area contributed by atoms with Gasteiger partial charge in [-0.1, -0.05) is 0 Å². The first kappa shape index (κ1) is 22.5. The second kappa shape index (κ2) is 8.90. The summed E-state index contributed by atoms with van der Waals surface area (Å²) in [5, 5.41) is 0. The van der Waals surface area contributed by atoms with E-state index in [0.29, 0.717) is 39.3 Å². The van der Waals surface area contributed by atoms with Crippen molar-refractivity contribution >= 4 is 22.1 Å². The van der Waals surface area contributed by atoms with Gasteiger partial charge in [-0.3, -0.25) is 28.4 Å². The van der Waals surface area contributed by atoms with Crippen molar-refractivity contribution in [1.82, 2.24) is 14.7 Å². The van der Waals surface area contributed by atoms with E-state index < -0.39 is 22.1 Å². The van der Waals surface area contributed by atoms with Crippen LogP contribution in [0.2, 0.25) is 0 Å². The molecule has 0 aliphatic carbocycles. The Kier molecular flexibility index (Phi) is 8.34. The van der Waals surface area contributed by atoms with Crippen LogP contribution >= 0.6 is 22.1 Å². The van der Waals surface area contributed by atoms with Crippen LogP contribution in [-0.2, 0) is 13.7 Å². The van der Waals surface area contributed by atoms with Crippen molar-refractivity contribution < 1.29 is 28.4 Å². The molecule has 1 aliphatic heterocycles. The number of hydrogen-bond acceptors (Lipinski definition) is 6. The SMILES string of the molecule is CP(=O)(O)CN1CCN(CP(C)(=O)O)CCN(CP(C)(=O)O)CC1. The number of nitrogens with zero attached hydrogens (tertiary/aromatic N) is 3. The van der Waals surface area contributed by atoms with E-state index in [4.69, 9.17) is 0 Å². The first-order chi connectivity index (χ1) is 10.7. The van der Waals surface area contributed by atoms with E-state index in [1.165, 1.54) is 20.0 Å². The van der Waals surface area contributed by atoms with Crippen molar-refractivity contribution in [3.63, 3.8) is 0 Å². The molecule has 0 spiro atoms. The third-order valence-corrected chi connectivity index (χ3v) is 6.36. The van der Waals surface area contributed by atoms with Crippen molar-refractivity contribution in [2.75, 3.05) is 78.1 Å². The van der Waals surface area contributed by atoms with Gasteiger partial charge in [0.1, 0.15) is 0 Å². The standard InChI is InChI=1S/C12H30N3O6P3/c1-22(16,17)10-13-4-6-14(11-23(2,18)19)8-9-15(7-5-13)12-24(3,20)21/h4-12H2,1-3H3,(H,16,17)(H,18,19)(H,20,21). The van der Waals surface area contributed by atoms with Crippen LogP contribution in [-0.4, -0.2) is 108 Å². The van der Waals surface area contributed by atoms with E-state index in [1.54, 1.807) is 0 Å². The van der Waals surface area contributed by atoms with Crippen molar-refractivity contribution in [2.45, 2.75) is 0 Å². The second-order valence-corrected chi connectivity index (χ2v) is 14.1. The Bertz CT molecular complexity index is 454. The summed E-state index contributed by atoms with van der Waals surface area (Å²) in [5.41, 5.74) is 0. The third kappa shape index (κ3) is 11.1. The minimum atomic E-state index is -3.22. The molecule has 3 N–H and O–H groups in total. The molecule has 0 amide bonds. The molecule has 0 saturated carbocycles. The highest BCUT2D eigenvalue weighted by Crippen LogP contribution is 2.38. The molecule has 0 aromatic heterocycles. The molecule has 0 bridgehead atoms. The highest BCUT2D eigenvalue weighted by Gasteiger charge is 2.25. The summed E-state index contributed by atoms with van der Waals surface area (Å²) >= 11 is 0. The summed E-state index contributed by atoms with van der Waals surface area (Å²) in [6, 6.07) is 0. The summed E-state index contributed by atoms with van der Waals surface area (Å²) < 4.78 is 35.1. The van der Waals surface area contributed by atoms with Gasteiger partial charge in [0.2, 0.25) is 22.1 Å². The minimum absolute atomic E-state index is 0.0422. The van der Waals surface area contributed by atoms with E-state index >= 15 is 0 Å². The Morgan fingerprint density at radius 3 is 0.875 bits per heavy atom. The molecular formula is C12H30N3O6P3. The zero-order chi connectivity index (χ0) is 18.6. The zero-order valence-electron chi connectivity index (χ0n) is 14.6. The summed E-state index contributed by atoms with van der Waals surface area (Å²) in [6.07, 6.45) is 0.126. The smallest absolute Gasteiger partial charge is 0.211 e. The van der Waals surface area contributed by atoms with Gasteiger partial charge in [0, 0.05) is 59.3 Å². The quantitative estimate of drug-likeness (QED) is 0.542. The highest BCUT2D eigenvalue weighted by molar-refractivity contribution is 7.57. The van der Waals surface area contributed by atoms with Gasteiger partial charge in [-0.05, 0) is 0 Å². The lowest BCUT2D eigenvalue weighted by molar-refractivity contribution is 0.249. The van der Waals surface area contributed by atoms with Crippen molar-refractivity contribution in [2.24, 2.45) is 0 Å². The Labute approximate surface area is 144 Å². The van der Waals surface area contributed by atoms with Gasteiger partial charge >= 0.3 is 0 Å². The van der Waals surface area contributed by atoms with E-state index in [2.05, 4.69) is 0 Å². The molecule has 1 heterocycles. The molecule has 3 atom stereocenters. The van der Waals surface area contributed by atoms with Gasteiger partial charge in [0.25, 0.3) is 0 Å². The molecule has 3 unspecified atom stereocenters. The highest BCUT2D eigenvalue weighted by atomic mass is 31.2. The zero-order valence-corrected chi connectivity index (χ0v) is 17.3. The molecule has 1 rings (SSSR count). The predicted octanol–water partition coefficient (Wildman–Crippen LogP) is 0.479. The molecule has 1 saturated heterocycles. The molecule has 0 aromatic rings. The van der Waals surface area contributed by atoms with Gasteiger partial charge in [-0.25, -0.2) is 0 Å². The lowest BCUT2D eigenvalue weighted by Gasteiger charge is -2.26. The topological polar surface area (TPSA) is 122 Å². The van der Waals surface area contributed by atoms with E-state index in [9.17, 15) is 28.4 Å². The van der Waals surface area contributed by atoms with Crippen LogP contribution in [0.1, 0.15) is 0 Å². The maximum Gasteiger partial charge on any atom is 0.211 e. The fourth-order valence-electron chi connectivity index (χ4n) is 2.72. The molecule has 1 aliphatic rings. The Morgan fingerprint density at radius 2 is 0.750 bits per heavy atom.